The molecule has 1 aromatic rings. The number of rotatable bonds is 4. The molecule has 1 saturated heterocycles. The molecule has 1 atom stereocenters. The Balaban J connectivity index is 1.96. The molecule has 2 heteroatoms. The average molecular weight is 205 g/mol. The van der Waals surface area contributed by atoms with E-state index in [4.69, 9.17) is 4.74 Å². The van der Waals surface area contributed by atoms with Crippen molar-refractivity contribution >= 4 is 0 Å². The molecule has 82 valence electrons. The lowest BCUT2D eigenvalue weighted by molar-refractivity contribution is 0.142. The van der Waals surface area contributed by atoms with Crippen LogP contribution in [0.2, 0.25) is 0 Å². The molecular weight excluding hydrogens is 186 g/mol. The number of hydrogen-bond acceptors (Lipinski definition) is 2. The zero-order chi connectivity index (χ0) is 10.7. The summed E-state index contributed by atoms with van der Waals surface area (Å²) in [4.78, 5) is 0. The van der Waals surface area contributed by atoms with Crippen LogP contribution in [0.5, 0.6) is 5.75 Å². The molecule has 0 saturated carbocycles. The fraction of sp³-hybridized carbons (Fsp3) is 0.538. The number of ether oxygens (including phenoxy) is 1. The highest BCUT2D eigenvalue weighted by Crippen LogP contribution is 2.22. The molecule has 0 aromatic heterocycles. The van der Waals surface area contributed by atoms with Crippen molar-refractivity contribution in [3.63, 3.8) is 0 Å². The summed E-state index contributed by atoms with van der Waals surface area (Å²) in [6.07, 6.45) is 1.56. The topological polar surface area (TPSA) is 21.3 Å². The van der Waals surface area contributed by atoms with Crippen LogP contribution in [0.3, 0.4) is 0 Å². The normalized spacial score (nSPS) is 18.3. The van der Waals surface area contributed by atoms with Gasteiger partial charge in [-0.15, -0.1) is 0 Å². The van der Waals surface area contributed by atoms with E-state index in [9.17, 15) is 0 Å². The molecule has 1 aliphatic heterocycles. The Morgan fingerprint density at radius 3 is 2.47 bits per heavy atom. The first-order valence-corrected chi connectivity index (χ1v) is 5.77. The maximum absolute atomic E-state index is 5.76. The van der Waals surface area contributed by atoms with Crippen LogP contribution in [0.25, 0.3) is 0 Å². The maximum atomic E-state index is 5.76. The lowest BCUT2D eigenvalue weighted by Gasteiger charge is -2.27. The van der Waals surface area contributed by atoms with Crippen LogP contribution in [0, 0.1) is 0 Å². The van der Waals surface area contributed by atoms with Crippen LogP contribution in [0.15, 0.2) is 24.3 Å². The summed E-state index contributed by atoms with van der Waals surface area (Å²) in [5.41, 5.74) is 1.40. The molecular formula is C13H19NO. The van der Waals surface area contributed by atoms with Crippen molar-refractivity contribution in [2.45, 2.75) is 32.3 Å². The van der Waals surface area contributed by atoms with Crippen molar-refractivity contribution in [3.05, 3.63) is 29.8 Å². The highest BCUT2D eigenvalue weighted by atomic mass is 16.5. The molecule has 1 aliphatic rings. The van der Waals surface area contributed by atoms with Gasteiger partial charge in [0.25, 0.3) is 0 Å². The predicted octanol–water partition coefficient (Wildman–Crippen LogP) is 2.55. The van der Waals surface area contributed by atoms with Gasteiger partial charge in [0.2, 0.25) is 0 Å². The monoisotopic (exact) mass is 205 g/mol. The Bertz CT molecular complexity index is 303. The molecule has 2 rings (SSSR count). The van der Waals surface area contributed by atoms with E-state index in [1.165, 1.54) is 12.0 Å². The van der Waals surface area contributed by atoms with Gasteiger partial charge in [0.05, 0.1) is 0 Å². The predicted molar refractivity (Wildman–Crippen MR) is 62.4 cm³/mol. The number of hydrogen-bond donors (Lipinski definition) is 1. The Morgan fingerprint density at radius 2 is 2.00 bits per heavy atom. The summed E-state index contributed by atoms with van der Waals surface area (Å²) >= 11 is 0. The van der Waals surface area contributed by atoms with Gasteiger partial charge < -0.3 is 10.1 Å². The Labute approximate surface area is 91.6 Å². The summed E-state index contributed by atoms with van der Waals surface area (Å²) < 4.78 is 5.76. The van der Waals surface area contributed by atoms with Crippen molar-refractivity contribution in [2.24, 2.45) is 0 Å². The van der Waals surface area contributed by atoms with Crippen molar-refractivity contribution in [1.82, 2.24) is 5.32 Å². The summed E-state index contributed by atoms with van der Waals surface area (Å²) in [5, 5.41) is 3.20. The van der Waals surface area contributed by atoms with E-state index in [1.807, 2.05) is 0 Å². The minimum absolute atomic E-state index is 0.374. The lowest BCUT2D eigenvalue weighted by Crippen LogP contribution is -2.50. The molecule has 1 aromatic carbocycles. The van der Waals surface area contributed by atoms with Gasteiger partial charge in [-0.05, 0) is 30.0 Å². The number of nitrogens with one attached hydrogen (secondary N) is 1. The highest BCUT2D eigenvalue weighted by Gasteiger charge is 2.17. The fourth-order valence-corrected chi connectivity index (χ4v) is 1.65. The van der Waals surface area contributed by atoms with E-state index in [1.54, 1.807) is 0 Å². The molecule has 1 unspecified atom stereocenters. The maximum Gasteiger partial charge on any atom is 0.123 e. The largest absolute Gasteiger partial charge is 0.488 e. The molecule has 15 heavy (non-hydrogen) atoms. The minimum Gasteiger partial charge on any atom is -0.488 e. The van der Waals surface area contributed by atoms with E-state index in [-0.39, 0.29) is 0 Å². The van der Waals surface area contributed by atoms with Crippen molar-refractivity contribution < 1.29 is 4.74 Å². The van der Waals surface area contributed by atoms with Gasteiger partial charge in [-0.2, -0.15) is 0 Å². The third-order valence-corrected chi connectivity index (χ3v) is 3.11. The fourth-order valence-electron chi connectivity index (χ4n) is 1.65. The lowest BCUT2D eigenvalue weighted by atomic mass is 9.99. The molecule has 1 fully saturated rings. The van der Waals surface area contributed by atoms with Crippen LogP contribution in [-0.2, 0) is 0 Å². The molecule has 2 nitrogen and oxygen atoms in total. The van der Waals surface area contributed by atoms with Crippen LogP contribution < -0.4 is 10.1 Å². The van der Waals surface area contributed by atoms with Gasteiger partial charge in [0.15, 0.2) is 0 Å². The standard InChI is InChI=1S/C13H19NO/c1-3-10(2)11-4-6-12(7-5-11)15-13-8-14-9-13/h4-7,10,13-14H,3,8-9H2,1-2H3. The second-order valence-electron chi connectivity index (χ2n) is 4.28. The van der Waals surface area contributed by atoms with Crippen LogP contribution in [-0.4, -0.2) is 19.2 Å². The van der Waals surface area contributed by atoms with Gasteiger partial charge in [0.1, 0.15) is 11.9 Å². The second-order valence-corrected chi connectivity index (χ2v) is 4.28. The third-order valence-electron chi connectivity index (χ3n) is 3.11. The molecule has 1 N–H and O–H groups in total. The molecule has 0 aliphatic carbocycles. The first-order valence-electron chi connectivity index (χ1n) is 5.77. The van der Waals surface area contributed by atoms with Crippen molar-refractivity contribution in [3.8, 4) is 5.75 Å². The van der Waals surface area contributed by atoms with Crippen LogP contribution in [0.1, 0.15) is 31.7 Å². The molecule has 0 spiro atoms. The minimum atomic E-state index is 0.374. The van der Waals surface area contributed by atoms with E-state index in [2.05, 4.69) is 43.4 Å². The summed E-state index contributed by atoms with van der Waals surface area (Å²) in [6, 6.07) is 8.52. The smallest absolute Gasteiger partial charge is 0.123 e. The Hall–Kier alpha value is -1.02. The van der Waals surface area contributed by atoms with Gasteiger partial charge in [-0.25, -0.2) is 0 Å². The van der Waals surface area contributed by atoms with E-state index in [0.29, 0.717) is 12.0 Å². The summed E-state index contributed by atoms with van der Waals surface area (Å²) in [6.45, 7) is 6.43. The third kappa shape index (κ3) is 2.51. The highest BCUT2D eigenvalue weighted by molar-refractivity contribution is 5.29. The summed E-state index contributed by atoms with van der Waals surface area (Å²) in [5.74, 6) is 1.64. The van der Waals surface area contributed by atoms with Crippen molar-refractivity contribution in [1.29, 1.82) is 0 Å². The quantitative estimate of drug-likeness (QED) is 0.815. The first kappa shape index (κ1) is 10.5. The Morgan fingerprint density at radius 1 is 1.33 bits per heavy atom. The van der Waals surface area contributed by atoms with Gasteiger partial charge in [-0.3, -0.25) is 0 Å². The van der Waals surface area contributed by atoms with E-state index >= 15 is 0 Å². The zero-order valence-corrected chi connectivity index (χ0v) is 9.49. The summed E-state index contributed by atoms with van der Waals surface area (Å²) in [7, 11) is 0. The zero-order valence-electron chi connectivity index (χ0n) is 9.49. The van der Waals surface area contributed by atoms with E-state index < -0.39 is 0 Å². The average Bonchev–Trinajstić information content (AvgIpc) is 2.23. The Kier molecular flexibility index (Phi) is 3.27. The van der Waals surface area contributed by atoms with E-state index in [0.717, 1.165) is 18.8 Å². The molecule has 0 bridgehead atoms. The molecule has 1 heterocycles. The second kappa shape index (κ2) is 4.67. The first-order chi connectivity index (χ1) is 7.29. The van der Waals surface area contributed by atoms with Crippen molar-refractivity contribution in [2.75, 3.05) is 13.1 Å². The van der Waals surface area contributed by atoms with Gasteiger partial charge >= 0.3 is 0 Å². The van der Waals surface area contributed by atoms with Gasteiger partial charge in [0, 0.05) is 13.1 Å². The van der Waals surface area contributed by atoms with Gasteiger partial charge in [-0.1, -0.05) is 26.0 Å². The molecule has 0 amide bonds. The SMILES string of the molecule is CCC(C)c1ccc(OC2CNC2)cc1. The van der Waals surface area contributed by atoms with Crippen LogP contribution in [0.4, 0.5) is 0 Å². The van der Waals surface area contributed by atoms with Crippen LogP contribution >= 0.6 is 0 Å². The molecule has 0 radical (unpaired) electrons. The number of benzene rings is 1.